The molecule has 0 aliphatic heterocycles. The Morgan fingerprint density at radius 3 is 2.77 bits per heavy atom. The van der Waals surface area contributed by atoms with Crippen molar-refractivity contribution in [2.45, 2.75) is 38.6 Å². The summed E-state index contributed by atoms with van der Waals surface area (Å²) in [7, 11) is 0. The molecule has 0 atom stereocenters. The molecule has 8 heteroatoms. The quantitative estimate of drug-likeness (QED) is 0.556. The van der Waals surface area contributed by atoms with Gasteiger partial charge in [0, 0.05) is 12.0 Å². The Balaban J connectivity index is 1.87. The lowest BCUT2D eigenvalue weighted by Gasteiger charge is -2.16. The van der Waals surface area contributed by atoms with Crippen LogP contribution in [0.1, 0.15) is 44.3 Å². The summed E-state index contributed by atoms with van der Waals surface area (Å²) in [5.41, 5.74) is 2.83. The molecule has 0 spiro atoms. The summed E-state index contributed by atoms with van der Waals surface area (Å²) in [5, 5.41) is 8.98. The molecule has 1 fully saturated rings. The SMILES string of the molecule is CC(C)n1c(=O)c2c(-n3cc(C4CC4)nn3)ncn2c2cccc(Cl)c21. The summed E-state index contributed by atoms with van der Waals surface area (Å²) in [6, 6.07) is 5.56. The molecule has 1 saturated carbocycles. The first-order valence-corrected chi connectivity index (χ1v) is 9.06. The molecule has 1 aromatic carbocycles. The minimum atomic E-state index is -0.142. The van der Waals surface area contributed by atoms with E-state index in [-0.39, 0.29) is 11.6 Å². The van der Waals surface area contributed by atoms with Crippen LogP contribution in [0.15, 0.2) is 35.5 Å². The molecule has 1 aliphatic rings. The van der Waals surface area contributed by atoms with Crippen LogP contribution >= 0.6 is 11.6 Å². The van der Waals surface area contributed by atoms with Crippen molar-refractivity contribution >= 4 is 28.2 Å². The van der Waals surface area contributed by atoms with Crippen molar-refractivity contribution in [2.75, 3.05) is 0 Å². The van der Waals surface area contributed by atoms with Gasteiger partial charge in [0.05, 0.1) is 27.9 Å². The van der Waals surface area contributed by atoms with Gasteiger partial charge in [0.2, 0.25) is 0 Å². The van der Waals surface area contributed by atoms with Crippen molar-refractivity contribution in [2.24, 2.45) is 0 Å². The summed E-state index contributed by atoms with van der Waals surface area (Å²) in [6.07, 6.45) is 5.81. The van der Waals surface area contributed by atoms with E-state index < -0.39 is 0 Å². The maximum Gasteiger partial charge on any atom is 0.279 e. The molecule has 26 heavy (non-hydrogen) atoms. The van der Waals surface area contributed by atoms with Gasteiger partial charge in [0.1, 0.15) is 6.33 Å². The molecule has 3 aromatic heterocycles. The predicted octanol–water partition coefficient (Wildman–Crippen LogP) is 3.34. The van der Waals surface area contributed by atoms with Crippen LogP contribution < -0.4 is 5.56 Å². The number of rotatable bonds is 3. The Morgan fingerprint density at radius 1 is 1.23 bits per heavy atom. The van der Waals surface area contributed by atoms with Gasteiger partial charge >= 0.3 is 0 Å². The molecule has 0 unspecified atom stereocenters. The average molecular weight is 369 g/mol. The van der Waals surface area contributed by atoms with Crippen molar-refractivity contribution < 1.29 is 0 Å². The Bertz CT molecular complexity index is 1210. The van der Waals surface area contributed by atoms with E-state index in [0.29, 0.717) is 27.8 Å². The molecule has 7 nitrogen and oxygen atoms in total. The Morgan fingerprint density at radius 2 is 2.04 bits per heavy atom. The van der Waals surface area contributed by atoms with Gasteiger partial charge in [-0.1, -0.05) is 22.9 Å². The van der Waals surface area contributed by atoms with Crippen LogP contribution in [-0.4, -0.2) is 28.9 Å². The van der Waals surface area contributed by atoms with E-state index >= 15 is 0 Å². The van der Waals surface area contributed by atoms with Crippen molar-refractivity contribution in [1.82, 2.24) is 28.9 Å². The highest BCUT2D eigenvalue weighted by Crippen LogP contribution is 2.38. The molecule has 1 aliphatic carbocycles. The number of aromatic nitrogens is 6. The van der Waals surface area contributed by atoms with Gasteiger partial charge in [-0.05, 0) is 38.8 Å². The van der Waals surface area contributed by atoms with Crippen LogP contribution in [0.4, 0.5) is 0 Å². The molecule has 0 saturated heterocycles. The Hall–Kier alpha value is -2.67. The van der Waals surface area contributed by atoms with Crippen molar-refractivity contribution in [3.8, 4) is 5.82 Å². The van der Waals surface area contributed by atoms with Crippen molar-refractivity contribution in [3.05, 3.63) is 51.8 Å². The number of nitrogens with zero attached hydrogens (tertiary/aromatic N) is 6. The van der Waals surface area contributed by atoms with Crippen LogP contribution in [0, 0.1) is 0 Å². The molecular weight excluding hydrogens is 352 g/mol. The second kappa shape index (κ2) is 5.41. The number of imidazole rings is 1. The largest absolute Gasteiger partial charge is 0.301 e. The highest BCUT2D eigenvalue weighted by atomic mass is 35.5. The third kappa shape index (κ3) is 2.13. The number of benzene rings is 1. The highest BCUT2D eigenvalue weighted by Gasteiger charge is 2.27. The summed E-state index contributed by atoms with van der Waals surface area (Å²) in [4.78, 5) is 17.8. The fourth-order valence-electron chi connectivity index (χ4n) is 3.48. The number of fused-ring (bicyclic) bond motifs is 3. The van der Waals surface area contributed by atoms with Gasteiger partial charge in [-0.25, -0.2) is 4.98 Å². The highest BCUT2D eigenvalue weighted by molar-refractivity contribution is 6.35. The molecule has 0 amide bonds. The summed E-state index contributed by atoms with van der Waals surface area (Å²) in [6.45, 7) is 3.94. The normalized spacial score (nSPS) is 14.8. The number of halogens is 1. The fourth-order valence-corrected chi connectivity index (χ4v) is 3.74. The minimum Gasteiger partial charge on any atom is -0.301 e. The van der Waals surface area contributed by atoms with E-state index in [4.69, 9.17) is 11.6 Å². The third-order valence-corrected chi connectivity index (χ3v) is 5.18. The zero-order chi connectivity index (χ0) is 18.0. The van der Waals surface area contributed by atoms with Crippen LogP contribution in [0.25, 0.3) is 22.4 Å². The predicted molar refractivity (Wildman–Crippen MR) is 99.2 cm³/mol. The third-order valence-electron chi connectivity index (χ3n) is 4.88. The van der Waals surface area contributed by atoms with Crippen molar-refractivity contribution in [1.29, 1.82) is 0 Å². The van der Waals surface area contributed by atoms with Crippen LogP contribution in [0.2, 0.25) is 5.02 Å². The van der Waals surface area contributed by atoms with Crippen molar-refractivity contribution in [3.63, 3.8) is 0 Å². The fraction of sp³-hybridized carbons (Fsp3) is 0.333. The van der Waals surface area contributed by atoms with E-state index in [1.54, 1.807) is 26.0 Å². The van der Waals surface area contributed by atoms with Gasteiger partial charge in [0.25, 0.3) is 5.56 Å². The second-order valence-electron chi connectivity index (χ2n) is 7.03. The number of hydrogen-bond donors (Lipinski definition) is 0. The molecule has 4 aromatic rings. The van der Waals surface area contributed by atoms with Crippen LogP contribution in [0.3, 0.4) is 0 Å². The molecule has 0 radical (unpaired) electrons. The first-order valence-electron chi connectivity index (χ1n) is 8.68. The lowest BCUT2D eigenvalue weighted by atomic mass is 10.2. The van der Waals surface area contributed by atoms with Crippen LogP contribution in [-0.2, 0) is 0 Å². The lowest BCUT2D eigenvalue weighted by Crippen LogP contribution is -2.25. The van der Waals surface area contributed by atoms with E-state index in [1.165, 1.54) is 0 Å². The van der Waals surface area contributed by atoms with Gasteiger partial charge in [0.15, 0.2) is 11.3 Å². The monoisotopic (exact) mass is 368 g/mol. The smallest absolute Gasteiger partial charge is 0.279 e. The zero-order valence-corrected chi connectivity index (χ0v) is 15.2. The summed E-state index contributed by atoms with van der Waals surface area (Å²) < 4.78 is 5.11. The maximum atomic E-state index is 13.3. The minimum absolute atomic E-state index is 0.0459. The van der Waals surface area contributed by atoms with E-state index in [9.17, 15) is 4.79 Å². The Labute approximate surface area is 153 Å². The average Bonchev–Trinajstić information content (AvgIpc) is 3.17. The molecule has 132 valence electrons. The van der Waals surface area contributed by atoms with Gasteiger partial charge in [-0.2, -0.15) is 4.68 Å². The molecule has 5 rings (SSSR count). The van der Waals surface area contributed by atoms with Gasteiger partial charge in [-0.3, -0.25) is 9.20 Å². The first kappa shape index (κ1) is 15.6. The molecule has 3 heterocycles. The number of para-hydroxylation sites is 1. The van der Waals surface area contributed by atoms with E-state index in [2.05, 4.69) is 15.3 Å². The second-order valence-corrected chi connectivity index (χ2v) is 7.43. The lowest BCUT2D eigenvalue weighted by molar-refractivity contribution is 0.600. The summed E-state index contributed by atoms with van der Waals surface area (Å²) >= 11 is 6.43. The summed E-state index contributed by atoms with van der Waals surface area (Å²) in [5.74, 6) is 0.982. The maximum absolute atomic E-state index is 13.3. The molecule has 0 bridgehead atoms. The first-order chi connectivity index (χ1) is 12.6. The molecule has 0 N–H and O–H groups in total. The van der Waals surface area contributed by atoms with Crippen LogP contribution in [0.5, 0.6) is 0 Å². The van der Waals surface area contributed by atoms with E-state index in [1.807, 2.05) is 32.2 Å². The molecular formula is C18H17ClN6O. The zero-order valence-electron chi connectivity index (χ0n) is 14.4. The Kier molecular flexibility index (Phi) is 3.24. The van der Waals surface area contributed by atoms with E-state index in [0.717, 1.165) is 24.1 Å². The standard InChI is InChI=1S/C18H17ClN6O/c1-10(2)25-15-12(19)4-3-5-14(15)23-9-20-17(16(23)18(25)26)24-8-13(21-22-24)11-6-7-11/h3-5,8-11H,6-7H2,1-2H3. The topological polar surface area (TPSA) is 70.0 Å². The number of hydrogen-bond acceptors (Lipinski definition) is 4. The van der Waals surface area contributed by atoms with Gasteiger partial charge in [-0.15, -0.1) is 5.10 Å². The van der Waals surface area contributed by atoms with Gasteiger partial charge < -0.3 is 4.57 Å².